The fraction of sp³-hybridized carbons (Fsp3) is 0.538. The van der Waals surface area contributed by atoms with Crippen molar-refractivity contribution in [2.75, 3.05) is 12.4 Å². The van der Waals surface area contributed by atoms with Crippen LogP contribution in [0.3, 0.4) is 0 Å². The highest BCUT2D eigenvalue weighted by Gasteiger charge is 2.20. The molecule has 0 unspecified atom stereocenters. The number of rotatable bonds is 3. The molecule has 0 spiro atoms. The number of anilines is 1. The minimum atomic E-state index is 0.491. The van der Waals surface area contributed by atoms with E-state index in [1.54, 1.807) is 4.52 Å². The monoisotopic (exact) mass is 323 g/mol. The summed E-state index contributed by atoms with van der Waals surface area (Å²) in [6.07, 6.45) is 6.70. The quantitative estimate of drug-likeness (QED) is 0.911. The van der Waals surface area contributed by atoms with Crippen molar-refractivity contribution in [3.05, 3.63) is 22.8 Å². The molecule has 0 radical (unpaired) electrons. The topological polar surface area (TPSA) is 54.2 Å². The molecule has 2 aromatic heterocycles. The van der Waals surface area contributed by atoms with Gasteiger partial charge < -0.3 is 10.6 Å². The highest BCUT2D eigenvalue weighted by molar-refractivity contribution is 9.10. The Morgan fingerprint density at radius 1 is 1.21 bits per heavy atom. The average molecular weight is 324 g/mol. The lowest BCUT2D eigenvalue weighted by atomic mass is 9.91. The van der Waals surface area contributed by atoms with Crippen molar-refractivity contribution < 1.29 is 0 Å². The van der Waals surface area contributed by atoms with Gasteiger partial charge in [-0.15, -0.1) is 5.10 Å². The first-order valence-electron chi connectivity index (χ1n) is 6.70. The first-order chi connectivity index (χ1) is 9.24. The van der Waals surface area contributed by atoms with E-state index in [2.05, 4.69) is 36.6 Å². The summed E-state index contributed by atoms with van der Waals surface area (Å²) in [5.74, 6) is 0.728. The maximum absolute atomic E-state index is 4.49. The van der Waals surface area contributed by atoms with Crippen LogP contribution in [-0.4, -0.2) is 33.7 Å². The molecule has 19 heavy (non-hydrogen) atoms. The number of nitrogens with zero attached hydrogens (tertiary/aromatic N) is 3. The smallest absolute Gasteiger partial charge is 0.243 e. The Morgan fingerprint density at radius 2 is 1.95 bits per heavy atom. The van der Waals surface area contributed by atoms with E-state index in [4.69, 9.17) is 0 Å². The van der Waals surface area contributed by atoms with Gasteiger partial charge in [-0.25, -0.2) is 4.52 Å². The Morgan fingerprint density at radius 3 is 2.68 bits per heavy atom. The standard InChI is InChI=1S/C13H18BrN5/c1-15-10-3-5-11(6-4-10)16-13-17-12-7-2-9(14)8-19(12)18-13/h2,7-8,10-11,15H,3-6H2,1H3,(H,16,18). The Kier molecular flexibility index (Phi) is 3.70. The number of hydrogen-bond acceptors (Lipinski definition) is 4. The van der Waals surface area contributed by atoms with Gasteiger partial charge in [0.1, 0.15) is 0 Å². The highest BCUT2D eigenvalue weighted by atomic mass is 79.9. The van der Waals surface area contributed by atoms with Crippen molar-refractivity contribution in [3.63, 3.8) is 0 Å². The third-order valence-electron chi connectivity index (χ3n) is 3.76. The Bertz CT molecular complexity index is 559. The molecule has 1 aliphatic carbocycles. The molecule has 1 fully saturated rings. The number of nitrogens with one attached hydrogen (secondary N) is 2. The first-order valence-corrected chi connectivity index (χ1v) is 7.49. The Balaban J connectivity index is 1.68. The molecular formula is C13H18BrN5. The van der Waals surface area contributed by atoms with E-state index in [-0.39, 0.29) is 0 Å². The van der Waals surface area contributed by atoms with Crippen molar-refractivity contribution in [1.82, 2.24) is 19.9 Å². The van der Waals surface area contributed by atoms with Crippen molar-refractivity contribution in [3.8, 4) is 0 Å². The number of hydrogen-bond donors (Lipinski definition) is 2. The van der Waals surface area contributed by atoms with Crippen molar-refractivity contribution in [2.45, 2.75) is 37.8 Å². The number of fused-ring (bicyclic) bond motifs is 1. The van der Waals surface area contributed by atoms with Crippen LogP contribution in [0.2, 0.25) is 0 Å². The summed E-state index contributed by atoms with van der Waals surface area (Å²) in [5, 5.41) is 11.3. The van der Waals surface area contributed by atoms with E-state index >= 15 is 0 Å². The molecule has 5 nitrogen and oxygen atoms in total. The third kappa shape index (κ3) is 2.90. The van der Waals surface area contributed by atoms with Crippen LogP contribution in [-0.2, 0) is 0 Å². The summed E-state index contributed by atoms with van der Waals surface area (Å²) in [4.78, 5) is 4.49. The van der Waals surface area contributed by atoms with Crippen molar-refractivity contribution >= 4 is 27.5 Å². The largest absolute Gasteiger partial charge is 0.350 e. The van der Waals surface area contributed by atoms with Crippen LogP contribution in [0.5, 0.6) is 0 Å². The lowest BCUT2D eigenvalue weighted by Gasteiger charge is -2.28. The van der Waals surface area contributed by atoms with Gasteiger partial charge in [0.05, 0.1) is 0 Å². The second-order valence-electron chi connectivity index (χ2n) is 5.07. The molecule has 6 heteroatoms. The second-order valence-corrected chi connectivity index (χ2v) is 5.98. The van der Waals surface area contributed by atoms with Crippen LogP contribution < -0.4 is 10.6 Å². The van der Waals surface area contributed by atoms with E-state index in [1.165, 1.54) is 25.7 Å². The van der Waals surface area contributed by atoms with Gasteiger partial charge in [-0.2, -0.15) is 4.98 Å². The van der Waals surface area contributed by atoms with Crippen LogP contribution in [0.1, 0.15) is 25.7 Å². The van der Waals surface area contributed by atoms with Crippen LogP contribution in [0.4, 0.5) is 5.95 Å². The van der Waals surface area contributed by atoms with Crippen LogP contribution >= 0.6 is 15.9 Å². The number of pyridine rings is 1. The normalized spacial score (nSPS) is 23.7. The number of aromatic nitrogens is 3. The molecule has 2 heterocycles. The summed E-state index contributed by atoms with van der Waals surface area (Å²) >= 11 is 3.44. The summed E-state index contributed by atoms with van der Waals surface area (Å²) < 4.78 is 2.80. The van der Waals surface area contributed by atoms with E-state index < -0.39 is 0 Å². The molecule has 2 N–H and O–H groups in total. The molecule has 3 rings (SSSR count). The summed E-state index contributed by atoms with van der Waals surface area (Å²) in [7, 11) is 2.04. The fourth-order valence-corrected chi connectivity index (χ4v) is 2.95. The average Bonchev–Trinajstić information content (AvgIpc) is 2.81. The summed E-state index contributed by atoms with van der Waals surface area (Å²) in [6, 6.07) is 5.10. The minimum absolute atomic E-state index is 0.491. The maximum atomic E-state index is 4.49. The van der Waals surface area contributed by atoms with Gasteiger partial charge in [-0.05, 0) is 60.8 Å². The Labute approximate surface area is 120 Å². The molecule has 1 saturated carbocycles. The molecule has 102 valence electrons. The van der Waals surface area contributed by atoms with Gasteiger partial charge in [-0.1, -0.05) is 0 Å². The highest BCUT2D eigenvalue weighted by Crippen LogP contribution is 2.21. The predicted molar refractivity (Wildman–Crippen MR) is 79.4 cm³/mol. The first kappa shape index (κ1) is 12.9. The van der Waals surface area contributed by atoms with E-state index in [9.17, 15) is 0 Å². The zero-order valence-corrected chi connectivity index (χ0v) is 12.5. The van der Waals surface area contributed by atoms with E-state index in [0.29, 0.717) is 12.1 Å². The van der Waals surface area contributed by atoms with Crippen molar-refractivity contribution in [2.24, 2.45) is 0 Å². The fourth-order valence-electron chi connectivity index (χ4n) is 2.63. The number of halogens is 1. The molecule has 0 saturated heterocycles. The van der Waals surface area contributed by atoms with E-state index in [1.807, 2.05) is 25.4 Å². The predicted octanol–water partition coefficient (Wildman–Crippen LogP) is 2.43. The van der Waals surface area contributed by atoms with Gasteiger partial charge in [0.25, 0.3) is 0 Å². The molecular weight excluding hydrogens is 306 g/mol. The van der Waals surface area contributed by atoms with Gasteiger partial charge in [0, 0.05) is 22.8 Å². The third-order valence-corrected chi connectivity index (χ3v) is 4.23. The molecule has 0 atom stereocenters. The molecule has 0 aliphatic heterocycles. The zero-order valence-electron chi connectivity index (χ0n) is 10.9. The second kappa shape index (κ2) is 5.46. The summed E-state index contributed by atoms with van der Waals surface area (Å²) in [6.45, 7) is 0. The van der Waals surface area contributed by atoms with Gasteiger partial charge in [-0.3, -0.25) is 0 Å². The molecule has 0 amide bonds. The molecule has 0 aromatic carbocycles. The maximum Gasteiger partial charge on any atom is 0.243 e. The van der Waals surface area contributed by atoms with Gasteiger partial charge in [0.2, 0.25) is 5.95 Å². The zero-order chi connectivity index (χ0) is 13.2. The minimum Gasteiger partial charge on any atom is -0.350 e. The SMILES string of the molecule is CNC1CCC(Nc2nc3ccc(Br)cn3n2)CC1. The van der Waals surface area contributed by atoms with Crippen LogP contribution in [0.25, 0.3) is 5.65 Å². The van der Waals surface area contributed by atoms with E-state index in [0.717, 1.165) is 16.1 Å². The summed E-state index contributed by atoms with van der Waals surface area (Å²) in [5.41, 5.74) is 0.870. The Hall–Kier alpha value is -1.14. The molecule has 1 aliphatic rings. The van der Waals surface area contributed by atoms with Gasteiger partial charge in [0.15, 0.2) is 5.65 Å². The molecule has 2 aromatic rings. The lowest BCUT2D eigenvalue weighted by Crippen LogP contribution is -2.35. The van der Waals surface area contributed by atoms with Crippen molar-refractivity contribution in [1.29, 1.82) is 0 Å². The van der Waals surface area contributed by atoms with Gasteiger partial charge >= 0.3 is 0 Å². The van der Waals surface area contributed by atoms with Crippen LogP contribution in [0, 0.1) is 0 Å². The lowest BCUT2D eigenvalue weighted by molar-refractivity contribution is 0.370. The molecule has 0 bridgehead atoms. The van der Waals surface area contributed by atoms with Crippen LogP contribution in [0.15, 0.2) is 22.8 Å².